The molecule has 404 valence electrons. The fourth-order valence-corrected chi connectivity index (χ4v) is 11.3. The van der Waals surface area contributed by atoms with E-state index in [1.165, 1.54) is 0 Å². The summed E-state index contributed by atoms with van der Waals surface area (Å²) in [6, 6.07) is 8.50. The molecule has 0 saturated carbocycles. The molecule has 29 heteroatoms. The van der Waals surface area contributed by atoms with Crippen LogP contribution in [0.1, 0.15) is 0 Å². The minimum Gasteiger partial charge on any atom is -0.394 e. The molecule has 0 unspecified atom stereocenters. The molecule has 28 nitrogen and oxygen atoms in total. The maximum absolute atomic E-state index is 12.0. The van der Waals surface area contributed by atoms with Gasteiger partial charge in [0.1, 0.15) is 140 Å². The van der Waals surface area contributed by atoms with E-state index in [2.05, 4.69) is 0 Å². The lowest BCUT2D eigenvalue weighted by molar-refractivity contribution is -0.394. The van der Waals surface area contributed by atoms with Gasteiger partial charge in [-0.3, -0.25) is 0 Å². The summed E-state index contributed by atoms with van der Waals surface area (Å²) in [7, 11) is 0. The topological polar surface area (TPSA) is 423 Å². The minimum atomic E-state index is -2.09. The molecule has 1 aromatic carbocycles. The molecule has 71 heavy (non-hydrogen) atoms. The Morgan fingerprint density at radius 2 is 0.662 bits per heavy atom. The lowest BCUT2D eigenvalue weighted by Crippen LogP contribution is -2.68. The van der Waals surface area contributed by atoms with Crippen molar-refractivity contribution < 1.29 is 138 Å². The summed E-state index contributed by atoms with van der Waals surface area (Å²) in [6.45, 7) is -4.71. The number of thioether (sulfide) groups is 1. The van der Waals surface area contributed by atoms with Gasteiger partial charge >= 0.3 is 0 Å². The van der Waals surface area contributed by atoms with E-state index in [0.717, 1.165) is 11.8 Å². The smallest absolute Gasteiger partial charge is 0.187 e. The van der Waals surface area contributed by atoms with Crippen molar-refractivity contribution in [2.45, 2.75) is 188 Å². The van der Waals surface area contributed by atoms with Gasteiger partial charge in [-0.1, -0.05) is 18.2 Å². The number of aliphatic hydroxyl groups is 15. The number of hydrogen-bond donors (Lipinski definition) is 15. The van der Waals surface area contributed by atoms with Gasteiger partial charge in [-0.05, 0) is 12.1 Å². The second-order valence-electron chi connectivity index (χ2n) is 18.4. The first-order valence-electron chi connectivity index (χ1n) is 23.1. The Kier molecular flexibility index (Phi) is 17.5. The standard InChI is InChI=1S/C42H62O28S/c43-6-13-29-19(48)23(52)37(59-13)66-30-14(7-44)62-40(26(55)22(30)51)70-34-17(10-47)63-42(28(57)36(34)71-12-4-2-1-3-5-12)68-32-16(9-46)61-39(25(54)21(32)50)69-33-18-11-58-35(33)27(56)41(64-18)67-31-15(8-45)60-38(65-29)24(53)20(31)49/h1-5,13-57H,6-11H2/t13-,14-,15-,16-,17-,18-,19-,20-,21-,22-,23-,24-,25-,26-,27-,28+,29-,30-,31-,32-,33-,34-,35-,36+,37-,38-,39-,40-,41-,42-/m1/s1. The van der Waals surface area contributed by atoms with Crippen LogP contribution in [0.25, 0.3) is 0 Å². The van der Waals surface area contributed by atoms with Gasteiger partial charge in [0.05, 0.1) is 44.9 Å². The Bertz CT molecular complexity index is 1840. The molecule has 0 aromatic heterocycles. The summed E-state index contributed by atoms with van der Waals surface area (Å²) >= 11 is 1.01. The lowest BCUT2D eigenvalue weighted by atomic mass is 9.95. The third kappa shape index (κ3) is 10.5. The fourth-order valence-electron chi connectivity index (χ4n) is 10.1. The summed E-state index contributed by atoms with van der Waals surface area (Å²) in [5.41, 5.74) is 0. The maximum Gasteiger partial charge on any atom is 0.187 e. The molecule has 25 aliphatic rings. The molecule has 15 N–H and O–H groups in total. The van der Waals surface area contributed by atoms with Gasteiger partial charge in [-0.25, -0.2) is 0 Å². The predicted molar refractivity (Wildman–Crippen MR) is 223 cm³/mol. The number of benzene rings is 1. The maximum atomic E-state index is 12.0. The molecule has 0 spiro atoms. The second kappa shape index (κ2) is 23.0. The van der Waals surface area contributed by atoms with E-state index in [1.807, 2.05) is 0 Å². The Hall–Kier alpha value is -1.55. The number of hydrogen-bond acceptors (Lipinski definition) is 29. The van der Waals surface area contributed by atoms with Crippen LogP contribution >= 0.6 is 11.8 Å². The van der Waals surface area contributed by atoms with Gasteiger partial charge in [0.25, 0.3) is 0 Å². The zero-order valence-corrected chi connectivity index (χ0v) is 38.2. The van der Waals surface area contributed by atoms with E-state index >= 15 is 0 Å². The van der Waals surface area contributed by atoms with Crippen molar-refractivity contribution in [3.05, 3.63) is 30.3 Å². The molecule has 14 bridgehead atoms. The van der Waals surface area contributed by atoms with E-state index in [-0.39, 0.29) is 6.61 Å². The first-order chi connectivity index (χ1) is 34.1. The van der Waals surface area contributed by atoms with Crippen molar-refractivity contribution in [2.24, 2.45) is 0 Å². The molecule has 0 radical (unpaired) electrons. The molecule has 30 atom stereocenters. The normalized spacial score (nSPS) is 52.8. The van der Waals surface area contributed by atoms with E-state index in [1.54, 1.807) is 30.3 Å². The van der Waals surface area contributed by atoms with Crippen molar-refractivity contribution in [3.63, 3.8) is 0 Å². The van der Waals surface area contributed by atoms with Crippen LogP contribution in [0, 0.1) is 0 Å². The zero-order chi connectivity index (χ0) is 50.6. The molecule has 25 aliphatic heterocycles. The summed E-state index contributed by atoms with van der Waals surface area (Å²) < 4.78 is 76.8. The lowest BCUT2D eigenvalue weighted by Gasteiger charge is -2.50. The van der Waals surface area contributed by atoms with Crippen LogP contribution in [-0.4, -0.2) is 300 Å². The molecule has 0 amide bonds. The van der Waals surface area contributed by atoms with Crippen LogP contribution in [0.2, 0.25) is 0 Å². The summed E-state index contributed by atoms with van der Waals surface area (Å²) in [5.74, 6) is 0. The molecule has 25 fully saturated rings. The van der Waals surface area contributed by atoms with Gasteiger partial charge < -0.3 is 138 Å². The van der Waals surface area contributed by atoms with Crippen molar-refractivity contribution in [3.8, 4) is 0 Å². The van der Waals surface area contributed by atoms with Gasteiger partial charge in [-0.2, -0.15) is 0 Å². The van der Waals surface area contributed by atoms with Crippen LogP contribution in [0.5, 0.6) is 0 Å². The number of ether oxygens (including phenoxy) is 13. The van der Waals surface area contributed by atoms with E-state index < -0.39 is 216 Å². The van der Waals surface area contributed by atoms with Crippen LogP contribution < -0.4 is 0 Å². The van der Waals surface area contributed by atoms with Gasteiger partial charge in [0, 0.05) is 4.90 Å². The average molecular weight is 1050 g/mol. The summed E-state index contributed by atoms with van der Waals surface area (Å²) in [6.07, 6.45) is -50.1. The quantitative estimate of drug-likeness (QED) is 0.121. The van der Waals surface area contributed by atoms with E-state index in [9.17, 15) is 76.6 Å². The highest BCUT2D eigenvalue weighted by Gasteiger charge is 2.60. The number of aliphatic hydroxyl groups excluding tert-OH is 15. The minimum absolute atomic E-state index is 0.223. The monoisotopic (exact) mass is 1050 g/mol. The molecule has 26 rings (SSSR count). The van der Waals surface area contributed by atoms with Crippen LogP contribution in [0.3, 0.4) is 0 Å². The van der Waals surface area contributed by atoms with Crippen molar-refractivity contribution in [2.75, 3.05) is 39.6 Å². The second-order valence-corrected chi connectivity index (χ2v) is 19.6. The summed E-state index contributed by atoms with van der Waals surface area (Å²) in [5, 5.41) is 166. The third-order valence-corrected chi connectivity index (χ3v) is 15.3. The largest absolute Gasteiger partial charge is 0.394 e. The van der Waals surface area contributed by atoms with Crippen molar-refractivity contribution >= 4 is 11.8 Å². The molecule has 0 aliphatic carbocycles. The molecule has 1 aromatic rings. The Morgan fingerprint density at radius 3 is 1.04 bits per heavy atom. The zero-order valence-electron chi connectivity index (χ0n) is 37.4. The van der Waals surface area contributed by atoms with Gasteiger partial charge in [-0.15, -0.1) is 11.8 Å². The van der Waals surface area contributed by atoms with Crippen molar-refractivity contribution in [1.29, 1.82) is 0 Å². The number of rotatable bonds is 7. The Labute approximate surface area is 407 Å². The van der Waals surface area contributed by atoms with Gasteiger partial charge in [0.15, 0.2) is 37.7 Å². The highest BCUT2D eigenvalue weighted by molar-refractivity contribution is 8.00. The third-order valence-electron chi connectivity index (χ3n) is 13.9. The van der Waals surface area contributed by atoms with E-state index in [0.29, 0.717) is 4.90 Å². The molecular weight excluding hydrogens is 985 g/mol. The fraction of sp³-hybridized carbons (Fsp3) is 0.857. The SMILES string of the molecule is OC[C@H]1O[C@@H]2O[C@H]3[C@@H]4OC[C@H]3O[C@H](O[C@H]3[C@H](O)[C@@H](O)[C@@H](O[C@H]5[C@H](O)[C@@H](O)[C@@H](O[C@H]6[C@H](O)[C@@H](O)[C@@H](O[C@H]7[C@@H](Sc8ccccc8)[C@H](O)[C@@H](O[C@H]1[C@H](O)[C@H]2O)O[C@@H]7CO)O[C@@H]6CO)O[C@@H]5CO)O[C@@H]3CO)[C@@H]4O. The molecule has 25 heterocycles. The van der Waals surface area contributed by atoms with Crippen LogP contribution in [0.4, 0.5) is 0 Å². The Balaban J connectivity index is 1.03. The first kappa shape index (κ1) is 54.2. The van der Waals surface area contributed by atoms with Gasteiger partial charge in [0.2, 0.25) is 0 Å². The van der Waals surface area contributed by atoms with Crippen LogP contribution in [0.15, 0.2) is 35.2 Å². The highest BCUT2D eigenvalue weighted by atomic mass is 32.2. The van der Waals surface area contributed by atoms with Crippen LogP contribution in [-0.2, 0) is 61.6 Å². The summed E-state index contributed by atoms with van der Waals surface area (Å²) in [4.78, 5) is 0.550. The highest BCUT2D eigenvalue weighted by Crippen LogP contribution is 2.42. The molecular formula is C42H62O28S. The Morgan fingerprint density at radius 1 is 0.338 bits per heavy atom. The predicted octanol–water partition coefficient (Wildman–Crippen LogP) is -9.21. The average Bonchev–Trinajstić information content (AvgIpc) is 3.69. The molecule has 25 saturated heterocycles. The van der Waals surface area contributed by atoms with E-state index in [4.69, 9.17) is 61.6 Å². The first-order valence-corrected chi connectivity index (χ1v) is 24.0. The van der Waals surface area contributed by atoms with Crippen molar-refractivity contribution in [1.82, 2.24) is 0 Å².